The van der Waals surface area contributed by atoms with Crippen LogP contribution in [0.4, 0.5) is 13.2 Å². The maximum Gasteiger partial charge on any atom is 0.416 e. The van der Waals surface area contributed by atoms with E-state index in [1.165, 1.54) is 12.1 Å². The van der Waals surface area contributed by atoms with Gasteiger partial charge in [0.15, 0.2) is 0 Å². The topological polar surface area (TPSA) is 26.0 Å². The number of hydrogen-bond donors (Lipinski definition) is 1. The highest BCUT2D eigenvalue weighted by molar-refractivity contribution is 5.26. The van der Waals surface area contributed by atoms with Gasteiger partial charge in [0.05, 0.1) is 5.56 Å². The SMILES string of the molecule is NC1CCCC(Cc2cccc(C(F)(F)F)c2)C1. The first-order valence-corrected chi connectivity index (χ1v) is 6.37. The highest BCUT2D eigenvalue weighted by Crippen LogP contribution is 2.31. The van der Waals surface area contributed by atoms with Crippen LogP contribution < -0.4 is 5.73 Å². The molecule has 1 aromatic carbocycles. The summed E-state index contributed by atoms with van der Waals surface area (Å²) in [4.78, 5) is 0. The number of benzene rings is 1. The monoisotopic (exact) mass is 257 g/mol. The van der Waals surface area contributed by atoms with Crippen LogP contribution in [0.15, 0.2) is 24.3 Å². The van der Waals surface area contributed by atoms with Crippen molar-refractivity contribution in [2.24, 2.45) is 11.7 Å². The summed E-state index contributed by atoms with van der Waals surface area (Å²) < 4.78 is 37.8. The van der Waals surface area contributed by atoms with Crippen LogP contribution in [0, 0.1) is 5.92 Å². The van der Waals surface area contributed by atoms with Crippen molar-refractivity contribution in [1.82, 2.24) is 0 Å². The summed E-state index contributed by atoms with van der Waals surface area (Å²) in [6.07, 6.45) is 0.584. The molecule has 1 saturated carbocycles. The fraction of sp³-hybridized carbons (Fsp3) is 0.571. The van der Waals surface area contributed by atoms with Gasteiger partial charge in [-0.2, -0.15) is 13.2 Å². The molecule has 0 saturated heterocycles. The molecule has 0 heterocycles. The van der Waals surface area contributed by atoms with E-state index in [0.717, 1.165) is 37.3 Å². The number of halogens is 3. The lowest BCUT2D eigenvalue weighted by atomic mass is 9.82. The molecule has 2 atom stereocenters. The number of nitrogens with two attached hydrogens (primary N) is 1. The van der Waals surface area contributed by atoms with E-state index in [0.29, 0.717) is 12.3 Å². The summed E-state index contributed by atoms with van der Waals surface area (Å²) in [5.74, 6) is 0.428. The zero-order valence-electron chi connectivity index (χ0n) is 10.2. The molecule has 0 spiro atoms. The second-order valence-electron chi connectivity index (χ2n) is 5.19. The van der Waals surface area contributed by atoms with Crippen molar-refractivity contribution < 1.29 is 13.2 Å². The van der Waals surface area contributed by atoms with Crippen LogP contribution in [0.1, 0.15) is 36.8 Å². The van der Waals surface area contributed by atoms with Gasteiger partial charge < -0.3 is 5.73 Å². The molecule has 18 heavy (non-hydrogen) atoms. The molecule has 0 aliphatic heterocycles. The van der Waals surface area contributed by atoms with Gasteiger partial charge in [0.2, 0.25) is 0 Å². The van der Waals surface area contributed by atoms with Crippen molar-refractivity contribution in [1.29, 1.82) is 0 Å². The summed E-state index contributed by atoms with van der Waals surface area (Å²) in [7, 11) is 0. The molecule has 2 unspecified atom stereocenters. The Labute approximate surface area is 105 Å². The summed E-state index contributed by atoms with van der Waals surface area (Å²) >= 11 is 0. The van der Waals surface area contributed by atoms with Gasteiger partial charge in [-0.05, 0) is 36.8 Å². The van der Waals surface area contributed by atoms with Gasteiger partial charge >= 0.3 is 6.18 Å². The highest BCUT2D eigenvalue weighted by Gasteiger charge is 2.30. The Morgan fingerprint density at radius 2 is 2.00 bits per heavy atom. The molecule has 100 valence electrons. The Morgan fingerprint density at radius 1 is 1.22 bits per heavy atom. The molecule has 0 bridgehead atoms. The fourth-order valence-electron chi connectivity index (χ4n) is 2.73. The van der Waals surface area contributed by atoms with Crippen LogP contribution in [0.2, 0.25) is 0 Å². The average molecular weight is 257 g/mol. The largest absolute Gasteiger partial charge is 0.416 e. The van der Waals surface area contributed by atoms with Gasteiger partial charge in [0.25, 0.3) is 0 Å². The van der Waals surface area contributed by atoms with Gasteiger partial charge in [-0.25, -0.2) is 0 Å². The number of rotatable bonds is 2. The summed E-state index contributed by atoms with van der Waals surface area (Å²) in [5, 5.41) is 0. The van der Waals surface area contributed by atoms with E-state index < -0.39 is 11.7 Å². The predicted molar refractivity (Wildman–Crippen MR) is 65.1 cm³/mol. The van der Waals surface area contributed by atoms with Gasteiger partial charge in [-0.1, -0.05) is 31.0 Å². The molecule has 1 aromatic rings. The molecule has 1 aliphatic rings. The smallest absolute Gasteiger partial charge is 0.328 e. The third-order valence-electron chi connectivity index (χ3n) is 3.60. The van der Waals surface area contributed by atoms with Gasteiger partial charge in [-0.3, -0.25) is 0 Å². The maximum atomic E-state index is 12.6. The average Bonchev–Trinajstić information content (AvgIpc) is 2.28. The van der Waals surface area contributed by atoms with E-state index in [1.807, 2.05) is 0 Å². The Kier molecular flexibility index (Phi) is 3.95. The molecule has 2 N–H and O–H groups in total. The number of hydrogen-bond acceptors (Lipinski definition) is 1. The van der Waals surface area contributed by atoms with Crippen molar-refractivity contribution in [2.75, 3.05) is 0 Å². The summed E-state index contributed by atoms with van der Waals surface area (Å²) in [6.45, 7) is 0. The lowest BCUT2D eigenvalue weighted by Crippen LogP contribution is -2.28. The third-order valence-corrected chi connectivity index (χ3v) is 3.60. The lowest BCUT2D eigenvalue weighted by molar-refractivity contribution is -0.137. The van der Waals surface area contributed by atoms with Gasteiger partial charge in [-0.15, -0.1) is 0 Å². The van der Waals surface area contributed by atoms with Crippen molar-refractivity contribution in [2.45, 2.75) is 44.3 Å². The van der Waals surface area contributed by atoms with E-state index in [2.05, 4.69) is 0 Å². The first kappa shape index (κ1) is 13.4. The van der Waals surface area contributed by atoms with E-state index in [-0.39, 0.29) is 6.04 Å². The fourth-order valence-corrected chi connectivity index (χ4v) is 2.73. The molecule has 1 fully saturated rings. The van der Waals surface area contributed by atoms with Crippen LogP contribution in [0.25, 0.3) is 0 Å². The van der Waals surface area contributed by atoms with E-state index in [1.54, 1.807) is 6.07 Å². The Bertz CT molecular complexity index is 400. The molecular formula is C14H18F3N. The van der Waals surface area contributed by atoms with Crippen LogP contribution in [-0.2, 0) is 12.6 Å². The molecule has 1 aliphatic carbocycles. The Balaban J connectivity index is 2.05. The van der Waals surface area contributed by atoms with Gasteiger partial charge in [0, 0.05) is 6.04 Å². The third kappa shape index (κ3) is 3.48. The van der Waals surface area contributed by atoms with Crippen LogP contribution >= 0.6 is 0 Å². The van der Waals surface area contributed by atoms with Crippen LogP contribution in [-0.4, -0.2) is 6.04 Å². The van der Waals surface area contributed by atoms with Crippen molar-refractivity contribution >= 4 is 0 Å². The molecule has 0 radical (unpaired) electrons. The minimum absolute atomic E-state index is 0.217. The first-order chi connectivity index (χ1) is 8.45. The quantitative estimate of drug-likeness (QED) is 0.857. The highest BCUT2D eigenvalue weighted by atomic mass is 19.4. The van der Waals surface area contributed by atoms with E-state index >= 15 is 0 Å². The molecule has 0 amide bonds. The molecule has 2 rings (SSSR count). The maximum absolute atomic E-state index is 12.6. The zero-order chi connectivity index (χ0) is 13.2. The molecular weight excluding hydrogens is 239 g/mol. The summed E-state index contributed by atoms with van der Waals surface area (Å²) in [6, 6.07) is 5.86. The standard InChI is InChI=1S/C14H18F3N/c15-14(16,17)12-5-1-3-10(8-12)7-11-4-2-6-13(18)9-11/h1,3,5,8,11,13H,2,4,6-7,9,18H2. The van der Waals surface area contributed by atoms with E-state index in [4.69, 9.17) is 5.73 Å². The zero-order valence-corrected chi connectivity index (χ0v) is 10.2. The first-order valence-electron chi connectivity index (χ1n) is 6.37. The predicted octanol–water partition coefficient (Wildman–Crippen LogP) is 3.77. The summed E-state index contributed by atoms with van der Waals surface area (Å²) in [5.41, 5.74) is 6.11. The van der Waals surface area contributed by atoms with Crippen molar-refractivity contribution in [3.8, 4) is 0 Å². The van der Waals surface area contributed by atoms with Crippen molar-refractivity contribution in [3.05, 3.63) is 35.4 Å². The molecule has 1 nitrogen and oxygen atoms in total. The second kappa shape index (κ2) is 5.31. The molecule has 0 aromatic heterocycles. The van der Waals surface area contributed by atoms with Gasteiger partial charge in [0.1, 0.15) is 0 Å². The number of alkyl halides is 3. The Hall–Kier alpha value is -1.03. The Morgan fingerprint density at radius 3 is 2.67 bits per heavy atom. The lowest BCUT2D eigenvalue weighted by Gasteiger charge is -2.26. The van der Waals surface area contributed by atoms with Crippen molar-refractivity contribution in [3.63, 3.8) is 0 Å². The minimum atomic E-state index is -4.25. The minimum Gasteiger partial charge on any atom is -0.328 e. The van der Waals surface area contributed by atoms with Crippen LogP contribution in [0.5, 0.6) is 0 Å². The molecule has 4 heteroatoms. The van der Waals surface area contributed by atoms with Crippen LogP contribution in [0.3, 0.4) is 0 Å². The van der Waals surface area contributed by atoms with E-state index in [9.17, 15) is 13.2 Å². The second-order valence-corrected chi connectivity index (χ2v) is 5.19. The normalized spacial score (nSPS) is 25.1.